The molecule has 1 aromatic rings. The molecule has 0 aliphatic heterocycles. The van der Waals surface area contributed by atoms with Crippen molar-refractivity contribution in [2.75, 3.05) is 0 Å². The van der Waals surface area contributed by atoms with Crippen LogP contribution in [-0.4, -0.2) is 5.97 Å². The van der Waals surface area contributed by atoms with E-state index in [1.54, 1.807) is 0 Å². The molecule has 0 bridgehead atoms. The molecule has 33 heavy (non-hydrogen) atoms. The van der Waals surface area contributed by atoms with Crippen molar-refractivity contribution in [2.24, 2.45) is 0 Å². The SMILES string of the molecule is C=C(OC=CCCCCCCCCC)C(=O)OOc1ccccc1CCCCCCCCC. The molecule has 0 aliphatic rings. The molecule has 0 unspecified atom stereocenters. The van der Waals surface area contributed by atoms with E-state index in [0.717, 1.165) is 31.2 Å². The highest BCUT2D eigenvalue weighted by atomic mass is 17.2. The van der Waals surface area contributed by atoms with Gasteiger partial charge in [-0.1, -0.05) is 109 Å². The number of aryl methyl sites for hydroxylation is 1. The first-order valence-corrected chi connectivity index (χ1v) is 13.2. The number of benzene rings is 1. The average Bonchev–Trinajstić information content (AvgIpc) is 2.83. The Kier molecular flexibility index (Phi) is 17.8. The summed E-state index contributed by atoms with van der Waals surface area (Å²) in [6.45, 7) is 8.10. The van der Waals surface area contributed by atoms with Gasteiger partial charge in [-0.15, -0.1) is 0 Å². The van der Waals surface area contributed by atoms with Gasteiger partial charge >= 0.3 is 5.97 Å². The highest BCUT2D eigenvalue weighted by Gasteiger charge is 2.13. The van der Waals surface area contributed by atoms with Gasteiger partial charge in [0, 0.05) is 0 Å². The van der Waals surface area contributed by atoms with Crippen LogP contribution in [0.25, 0.3) is 0 Å². The van der Waals surface area contributed by atoms with Crippen molar-refractivity contribution in [3.8, 4) is 5.75 Å². The van der Waals surface area contributed by atoms with Crippen LogP contribution in [0.3, 0.4) is 0 Å². The molecule has 0 radical (unpaired) electrons. The summed E-state index contributed by atoms with van der Waals surface area (Å²) in [6.07, 6.45) is 23.0. The average molecular weight is 459 g/mol. The summed E-state index contributed by atoms with van der Waals surface area (Å²) in [5.41, 5.74) is 1.04. The normalized spacial score (nSPS) is 11.0. The summed E-state index contributed by atoms with van der Waals surface area (Å²) in [5, 5.41) is 0. The molecule has 0 atom stereocenters. The first-order valence-electron chi connectivity index (χ1n) is 13.2. The van der Waals surface area contributed by atoms with Crippen molar-refractivity contribution in [3.63, 3.8) is 0 Å². The van der Waals surface area contributed by atoms with E-state index in [1.165, 1.54) is 83.3 Å². The van der Waals surface area contributed by atoms with Crippen molar-refractivity contribution in [1.82, 2.24) is 0 Å². The lowest BCUT2D eigenvalue weighted by molar-refractivity contribution is -0.211. The number of ether oxygens (including phenoxy) is 1. The van der Waals surface area contributed by atoms with Gasteiger partial charge in [0.2, 0.25) is 5.76 Å². The maximum absolute atomic E-state index is 12.1. The smallest absolute Gasteiger partial charge is 0.420 e. The fourth-order valence-electron chi connectivity index (χ4n) is 3.66. The van der Waals surface area contributed by atoms with E-state index in [0.29, 0.717) is 5.75 Å². The lowest BCUT2D eigenvalue weighted by Crippen LogP contribution is -2.11. The second-order valence-corrected chi connectivity index (χ2v) is 8.76. The molecule has 186 valence electrons. The molecule has 0 aromatic heterocycles. The van der Waals surface area contributed by atoms with Gasteiger partial charge in [0.05, 0.1) is 6.26 Å². The summed E-state index contributed by atoms with van der Waals surface area (Å²) < 4.78 is 5.27. The molecule has 4 heteroatoms. The minimum atomic E-state index is -0.721. The molecular weight excluding hydrogens is 412 g/mol. The van der Waals surface area contributed by atoms with Gasteiger partial charge in [-0.2, -0.15) is 0 Å². The van der Waals surface area contributed by atoms with Crippen LogP contribution in [0.1, 0.15) is 116 Å². The van der Waals surface area contributed by atoms with Gasteiger partial charge in [0.1, 0.15) is 0 Å². The molecule has 4 nitrogen and oxygen atoms in total. The Morgan fingerprint density at radius 1 is 0.818 bits per heavy atom. The minimum Gasteiger partial charge on any atom is -0.458 e. The number of hydrogen-bond donors (Lipinski definition) is 0. The van der Waals surface area contributed by atoms with Gasteiger partial charge in [0.25, 0.3) is 0 Å². The molecule has 0 amide bonds. The van der Waals surface area contributed by atoms with E-state index in [1.807, 2.05) is 30.3 Å². The van der Waals surface area contributed by atoms with Gasteiger partial charge in [-0.25, -0.2) is 9.68 Å². The summed E-state index contributed by atoms with van der Waals surface area (Å²) >= 11 is 0. The quantitative estimate of drug-likeness (QED) is 0.0606. The molecule has 0 heterocycles. The second-order valence-electron chi connectivity index (χ2n) is 8.76. The van der Waals surface area contributed by atoms with Crippen LogP contribution in [0.5, 0.6) is 5.75 Å². The van der Waals surface area contributed by atoms with Crippen LogP contribution in [0, 0.1) is 0 Å². The lowest BCUT2D eigenvalue weighted by atomic mass is 10.0. The van der Waals surface area contributed by atoms with E-state index in [9.17, 15) is 4.79 Å². The minimum absolute atomic E-state index is 0.0876. The number of carbonyl (C=O) groups excluding carboxylic acids is 1. The Bertz CT molecular complexity index is 665. The molecule has 0 aliphatic carbocycles. The molecule has 0 saturated heterocycles. The van der Waals surface area contributed by atoms with E-state index in [2.05, 4.69) is 20.4 Å². The van der Waals surface area contributed by atoms with Gasteiger partial charge in [-0.05, 0) is 50.0 Å². The Hall–Kier alpha value is -2.23. The maximum atomic E-state index is 12.1. The Morgan fingerprint density at radius 2 is 1.39 bits per heavy atom. The Balaban J connectivity index is 2.21. The summed E-state index contributed by atoms with van der Waals surface area (Å²) in [4.78, 5) is 22.4. The van der Waals surface area contributed by atoms with E-state index < -0.39 is 5.97 Å². The second kappa shape index (κ2) is 20.4. The predicted octanol–water partition coefficient (Wildman–Crippen LogP) is 9.00. The number of para-hydroxylation sites is 1. The molecule has 0 spiro atoms. The Labute approximate surface area is 202 Å². The van der Waals surface area contributed by atoms with Crippen LogP contribution >= 0.6 is 0 Å². The van der Waals surface area contributed by atoms with E-state index in [4.69, 9.17) is 14.5 Å². The zero-order valence-corrected chi connectivity index (χ0v) is 21.1. The van der Waals surface area contributed by atoms with E-state index in [-0.39, 0.29) is 5.76 Å². The third-order valence-electron chi connectivity index (χ3n) is 5.74. The number of unbranched alkanes of at least 4 members (excludes halogenated alkanes) is 13. The third-order valence-corrected chi connectivity index (χ3v) is 5.74. The maximum Gasteiger partial charge on any atom is 0.420 e. The van der Waals surface area contributed by atoms with Crippen LogP contribution in [0.2, 0.25) is 0 Å². The molecule has 0 saturated carbocycles. The van der Waals surface area contributed by atoms with Crippen molar-refractivity contribution in [3.05, 3.63) is 54.5 Å². The standard InChI is InChI=1S/C29H46O4/c1-4-6-8-10-12-13-15-17-21-25-31-26(3)29(30)33-32-28-24-20-19-23-27(28)22-18-16-14-11-9-7-5-2/h19-21,23-25H,3-18,22H2,1-2H3. The zero-order chi connectivity index (χ0) is 24.0. The zero-order valence-electron chi connectivity index (χ0n) is 21.1. The van der Waals surface area contributed by atoms with Crippen molar-refractivity contribution >= 4 is 5.97 Å². The number of rotatable bonds is 21. The first kappa shape index (κ1) is 28.8. The topological polar surface area (TPSA) is 44.8 Å². The van der Waals surface area contributed by atoms with Crippen molar-refractivity contribution < 1.29 is 19.3 Å². The highest BCUT2D eigenvalue weighted by Crippen LogP contribution is 2.21. The van der Waals surface area contributed by atoms with E-state index >= 15 is 0 Å². The van der Waals surface area contributed by atoms with Gasteiger partial charge < -0.3 is 4.74 Å². The van der Waals surface area contributed by atoms with Crippen molar-refractivity contribution in [1.29, 1.82) is 0 Å². The molecule has 0 fully saturated rings. The predicted molar refractivity (Wildman–Crippen MR) is 137 cm³/mol. The lowest BCUT2D eigenvalue weighted by Gasteiger charge is -2.10. The fraction of sp³-hybridized carbons (Fsp3) is 0.621. The van der Waals surface area contributed by atoms with Crippen molar-refractivity contribution in [2.45, 2.75) is 117 Å². The van der Waals surface area contributed by atoms with Crippen LogP contribution in [0.4, 0.5) is 0 Å². The van der Waals surface area contributed by atoms with Gasteiger partial charge in [-0.3, -0.25) is 4.89 Å². The molecule has 1 rings (SSSR count). The first-order chi connectivity index (χ1) is 16.2. The molecule has 0 N–H and O–H groups in total. The highest BCUT2D eigenvalue weighted by molar-refractivity contribution is 5.85. The molecule has 1 aromatic carbocycles. The Morgan fingerprint density at radius 3 is 2.06 bits per heavy atom. The summed E-state index contributed by atoms with van der Waals surface area (Å²) in [7, 11) is 0. The summed E-state index contributed by atoms with van der Waals surface area (Å²) in [5.74, 6) is -0.240. The van der Waals surface area contributed by atoms with Gasteiger partial charge in [0.15, 0.2) is 5.75 Å². The molecular formula is C29H46O4. The fourth-order valence-corrected chi connectivity index (χ4v) is 3.66. The largest absolute Gasteiger partial charge is 0.458 e. The third kappa shape index (κ3) is 15.3. The summed E-state index contributed by atoms with van der Waals surface area (Å²) in [6, 6.07) is 7.67. The number of allylic oxidation sites excluding steroid dienone is 1. The number of hydrogen-bond acceptors (Lipinski definition) is 4. The van der Waals surface area contributed by atoms with Crippen LogP contribution < -0.4 is 4.89 Å². The van der Waals surface area contributed by atoms with Crippen LogP contribution in [0.15, 0.2) is 48.9 Å². The monoisotopic (exact) mass is 458 g/mol. The number of carbonyl (C=O) groups is 1. The van der Waals surface area contributed by atoms with Crippen LogP contribution in [-0.2, 0) is 20.8 Å².